The molecule has 1 heterocycles. The first-order valence-electron chi connectivity index (χ1n) is 4.96. The Morgan fingerprint density at radius 3 is 2.75 bits per heavy atom. The van der Waals surface area contributed by atoms with Crippen LogP contribution in [0.2, 0.25) is 0 Å². The van der Waals surface area contributed by atoms with Crippen LogP contribution in [0.5, 0.6) is 0 Å². The largest absolute Gasteiger partial charge is 0.356 e. The molecule has 0 spiro atoms. The Morgan fingerprint density at radius 2 is 2.25 bits per heavy atom. The number of hydrogen-bond donors (Lipinski definition) is 3. The van der Waals surface area contributed by atoms with Gasteiger partial charge >= 0.3 is 0 Å². The second kappa shape index (κ2) is 3.91. The number of aromatic amines is 1. The van der Waals surface area contributed by atoms with Crippen molar-refractivity contribution in [2.45, 2.75) is 17.7 Å². The van der Waals surface area contributed by atoms with E-state index >= 15 is 0 Å². The van der Waals surface area contributed by atoms with Gasteiger partial charge in [0.05, 0.1) is 4.90 Å². The van der Waals surface area contributed by atoms with Gasteiger partial charge in [0.1, 0.15) is 5.69 Å². The van der Waals surface area contributed by atoms with Crippen LogP contribution in [-0.4, -0.2) is 25.9 Å². The monoisotopic (exact) mass is 243 g/mol. The van der Waals surface area contributed by atoms with E-state index in [0.29, 0.717) is 12.5 Å². The van der Waals surface area contributed by atoms with Crippen LogP contribution in [0.25, 0.3) is 0 Å². The molecule has 0 saturated heterocycles. The third kappa shape index (κ3) is 2.61. The molecule has 6 nitrogen and oxygen atoms in total. The average molecular weight is 243 g/mol. The summed E-state index contributed by atoms with van der Waals surface area (Å²) in [5, 5.41) is 7.64. The molecule has 7 heteroatoms. The number of primary sulfonamides is 1. The summed E-state index contributed by atoms with van der Waals surface area (Å²) in [5.41, 5.74) is 0.213. The fourth-order valence-corrected chi connectivity index (χ4v) is 1.83. The summed E-state index contributed by atoms with van der Waals surface area (Å²) in [6, 6.07) is 1.23. The highest BCUT2D eigenvalue weighted by molar-refractivity contribution is 7.89. The first-order valence-corrected chi connectivity index (χ1v) is 6.51. The maximum Gasteiger partial charge on any atom is 0.267 e. The van der Waals surface area contributed by atoms with Gasteiger partial charge in [-0.3, -0.25) is 4.79 Å². The third-order valence-electron chi connectivity index (χ3n) is 2.48. The number of H-pyrrole nitrogens is 1. The van der Waals surface area contributed by atoms with Gasteiger partial charge in [-0.1, -0.05) is 0 Å². The molecule has 0 atom stereocenters. The van der Waals surface area contributed by atoms with E-state index in [0.717, 1.165) is 12.8 Å². The van der Waals surface area contributed by atoms with Crippen LogP contribution in [0.1, 0.15) is 23.3 Å². The van der Waals surface area contributed by atoms with Gasteiger partial charge in [-0.05, 0) is 24.8 Å². The molecular formula is C9H13N3O3S. The molecule has 1 aliphatic carbocycles. The molecule has 0 aliphatic heterocycles. The number of amides is 1. The van der Waals surface area contributed by atoms with Gasteiger partial charge in [-0.15, -0.1) is 0 Å². The van der Waals surface area contributed by atoms with Gasteiger partial charge < -0.3 is 10.3 Å². The summed E-state index contributed by atoms with van der Waals surface area (Å²) >= 11 is 0. The summed E-state index contributed by atoms with van der Waals surface area (Å²) < 4.78 is 21.9. The smallest absolute Gasteiger partial charge is 0.267 e. The number of hydrogen-bond acceptors (Lipinski definition) is 3. The SMILES string of the molecule is NS(=O)(=O)c1c[nH]c(C(=O)NCC2CC2)c1. The summed E-state index contributed by atoms with van der Waals surface area (Å²) in [5.74, 6) is 0.276. The van der Waals surface area contributed by atoms with Crippen LogP contribution in [0.3, 0.4) is 0 Å². The minimum atomic E-state index is -3.75. The van der Waals surface area contributed by atoms with Crippen LogP contribution in [-0.2, 0) is 10.0 Å². The molecular weight excluding hydrogens is 230 g/mol. The van der Waals surface area contributed by atoms with Crippen molar-refractivity contribution in [2.75, 3.05) is 6.54 Å². The predicted molar refractivity (Wildman–Crippen MR) is 57.2 cm³/mol. The third-order valence-corrected chi connectivity index (χ3v) is 3.37. The Balaban J connectivity index is 2.02. The number of rotatable bonds is 4. The van der Waals surface area contributed by atoms with Crippen LogP contribution in [0.15, 0.2) is 17.2 Å². The highest BCUT2D eigenvalue weighted by atomic mass is 32.2. The predicted octanol–water partition coefficient (Wildman–Crippen LogP) is -0.198. The number of nitrogens with two attached hydrogens (primary N) is 1. The number of carbonyl (C=O) groups is 1. The van der Waals surface area contributed by atoms with E-state index in [9.17, 15) is 13.2 Å². The zero-order valence-electron chi connectivity index (χ0n) is 8.56. The highest BCUT2D eigenvalue weighted by Crippen LogP contribution is 2.27. The van der Waals surface area contributed by atoms with E-state index in [4.69, 9.17) is 5.14 Å². The summed E-state index contributed by atoms with van der Waals surface area (Å²) in [6.45, 7) is 0.641. The van der Waals surface area contributed by atoms with Gasteiger partial charge in [-0.2, -0.15) is 0 Å². The maximum absolute atomic E-state index is 11.5. The lowest BCUT2D eigenvalue weighted by atomic mass is 10.3. The number of nitrogens with one attached hydrogen (secondary N) is 2. The van der Waals surface area contributed by atoms with E-state index in [1.165, 1.54) is 12.3 Å². The lowest BCUT2D eigenvalue weighted by molar-refractivity contribution is 0.0947. The minimum absolute atomic E-state index is 0.0796. The standard InChI is InChI=1S/C9H13N3O3S/c10-16(14,15)7-3-8(11-5-7)9(13)12-4-6-1-2-6/h3,5-6,11H,1-2,4H2,(H,12,13)(H2,10,14,15). The van der Waals surface area contributed by atoms with Crippen LogP contribution in [0.4, 0.5) is 0 Å². The van der Waals surface area contributed by atoms with Crippen LogP contribution < -0.4 is 10.5 Å². The van der Waals surface area contributed by atoms with E-state index in [1.807, 2.05) is 0 Å². The van der Waals surface area contributed by atoms with Crippen LogP contribution >= 0.6 is 0 Å². The number of carbonyl (C=O) groups excluding carboxylic acids is 1. The van der Waals surface area contributed by atoms with Crippen molar-refractivity contribution >= 4 is 15.9 Å². The Labute approximate surface area is 93.3 Å². The molecule has 1 aliphatic rings. The summed E-state index contributed by atoms with van der Waals surface area (Å²) in [4.78, 5) is 14.0. The highest BCUT2D eigenvalue weighted by Gasteiger charge is 2.22. The van der Waals surface area contributed by atoms with Crippen molar-refractivity contribution < 1.29 is 13.2 Å². The average Bonchev–Trinajstić information content (AvgIpc) is 2.86. The van der Waals surface area contributed by atoms with E-state index in [1.54, 1.807) is 0 Å². The topological polar surface area (TPSA) is 105 Å². The zero-order valence-corrected chi connectivity index (χ0v) is 9.38. The van der Waals surface area contributed by atoms with Crippen molar-refractivity contribution in [3.05, 3.63) is 18.0 Å². The molecule has 2 rings (SSSR count). The van der Waals surface area contributed by atoms with E-state index in [2.05, 4.69) is 10.3 Å². The fraction of sp³-hybridized carbons (Fsp3) is 0.444. The number of aromatic nitrogens is 1. The lowest BCUT2D eigenvalue weighted by Crippen LogP contribution is -2.25. The summed E-state index contributed by atoms with van der Waals surface area (Å²) in [7, 11) is -3.75. The molecule has 4 N–H and O–H groups in total. The first-order chi connectivity index (χ1) is 7.47. The molecule has 0 aromatic carbocycles. The van der Waals surface area contributed by atoms with E-state index in [-0.39, 0.29) is 16.5 Å². The zero-order chi connectivity index (χ0) is 11.8. The van der Waals surface area contributed by atoms with Crippen molar-refractivity contribution in [1.82, 2.24) is 10.3 Å². The Bertz CT molecular complexity index is 502. The Hall–Kier alpha value is -1.34. The maximum atomic E-state index is 11.5. The van der Waals surface area contributed by atoms with Crippen molar-refractivity contribution in [1.29, 1.82) is 0 Å². The van der Waals surface area contributed by atoms with Gasteiger partial charge in [0.15, 0.2) is 0 Å². The molecule has 0 radical (unpaired) electrons. The first kappa shape index (κ1) is 11.2. The molecule has 1 amide bonds. The second-order valence-corrected chi connectivity index (χ2v) is 5.51. The van der Waals surface area contributed by atoms with E-state index < -0.39 is 10.0 Å². The van der Waals surface area contributed by atoms with Crippen molar-refractivity contribution in [3.63, 3.8) is 0 Å². The second-order valence-electron chi connectivity index (χ2n) is 3.95. The lowest BCUT2D eigenvalue weighted by Gasteiger charge is -2.00. The molecule has 1 aromatic rings. The molecule has 0 unspecified atom stereocenters. The molecule has 1 aromatic heterocycles. The van der Waals surface area contributed by atoms with Crippen molar-refractivity contribution in [2.24, 2.45) is 11.1 Å². The number of sulfonamides is 1. The Morgan fingerprint density at radius 1 is 1.56 bits per heavy atom. The van der Waals surface area contributed by atoms with Gasteiger partial charge in [0.25, 0.3) is 5.91 Å². The van der Waals surface area contributed by atoms with Gasteiger partial charge in [0.2, 0.25) is 10.0 Å². The quantitative estimate of drug-likeness (QED) is 0.682. The van der Waals surface area contributed by atoms with Crippen molar-refractivity contribution in [3.8, 4) is 0 Å². The minimum Gasteiger partial charge on any atom is -0.356 e. The molecule has 0 bridgehead atoms. The Kier molecular flexibility index (Phi) is 2.73. The van der Waals surface area contributed by atoms with Crippen LogP contribution in [0, 0.1) is 5.92 Å². The van der Waals surface area contributed by atoms with Gasteiger partial charge in [0, 0.05) is 12.7 Å². The van der Waals surface area contributed by atoms with Gasteiger partial charge in [-0.25, -0.2) is 13.6 Å². The molecule has 1 saturated carbocycles. The molecule has 16 heavy (non-hydrogen) atoms. The summed E-state index contributed by atoms with van der Waals surface area (Å²) in [6.07, 6.45) is 3.50. The fourth-order valence-electron chi connectivity index (χ4n) is 1.32. The molecule has 1 fully saturated rings. The normalized spacial score (nSPS) is 16.1. The molecule has 88 valence electrons.